The number of para-hydroxylation sites is 2. The molecule has 3 aromatic rings. The Balaban J connectivity index is 2.29. The van der Waals surface area contributed by atoms with Gasteiger partial charge >= 0.3 is 0 Å². The van der Waals surface area contributed by atoms with Gasteiger partial charge in [0, 0.05) is 22.9 Å². The van der Waals surface area contributed by atoms with E-state index in [2.05, 4.69) is 34.9 Å². The Morgan fingerprint density at radius 2 is 1.47 bits per heavy atom. The number of rotatable bonds is 3. The monoisotopic (exact) mass is 250 g/mol. The van der Waals surface area contributed by atoms with E-state index in [1.807, 2.05) is 24.3 Å². The minimum absolute atomic E-state index is 0.226. The Hall–Kier alpha value is -2.22. The lowest BCUT2D eigenvalue weighted by atomic mass is 10.1. The number of ketones is 1. The maximum atomic E-state index is 11.3. The molecule has 2 aromatic carbocycles. The predicted octanol–water partition coefficient (Wildman–Crippen LogP) is 3.26. The molecule has 2 heteroatoms. The summed E-state index contributed by atoms with van der Waals surface area (Å²) >= 11 is 0. The maximum Gasteiger partial charge on any atom is 0.213 e. The standard InChI is InChI=1S/C17H16NO/c1-13(19)10-11-18-16-8-4-2-6-14(16)12-15-7-3-5-9-17(15)18/h2-9,12H,10-11H2,1H3/q+1. The molecule has 0 aliphatic carbocycles. The fraction of sp³-hybridized carbons (Fsp3) is 0.176. The second-order valence-electron chi connectivity index (χ2n) is 4.87. The number of nitrogens with zero attached hydrogens (tertiary/aromatic N) is 1. The second-order valence-corrected chi connectivity index (χ2v) is 4.87. The fourth-order valence-corrected chi connectivity index (χ4v) is 2.52. The quantitative estimate of drug-likeness (QED) is 0.516. The third-order valence-corrected chi connectivity index (χ3v) is 3.45. The average Bonchev–Trinajstić information content (AvgIpc) is 2.43. The summed E-state index contributed by atoms with van der Waals surface area (Å²) < 4.78 is 2.24. The second kappa shape index (κ2) is 4.81. The van der Waals surface area contributed by atoms with Gasteiger partial charge in [0.2, 0.25) is 11.0 Å². The lowest BCUT2D eigenvalue weighted by Gasteiger charge is -2.05. The van der Waals surface area contributed by atoms with Crippen LogP contribution in [0.4, 0.5) is 0 Å². The summed E-state index contributed by atoms with van der Waals surface area (Å²) in [6, 6.07) is 18.8. The molecule has 0 aliphatic heterocycles. The molecule has 94 valence electrons. The summed E-state index contributed by atoms with van der Waals surface area (Å²) in [4.78, 5) is 11.3. The molecule has 0 radical (unpaired) electrons. The number of aryl methyl sites for hydroxylation is 1. The van der Waals surface area contributed by atoms with E-state index in [9.17, 15) is 4.79 Å². The Kier molecular flexibility index (Phi) is 3.00. The summed E-state index contributed by atoms with van der Waals surface area (Å²) in [5.74, 6) is 0.226. The van der Waals surface area contributed by atoms with Crippen LogP contribution in [0.15, 0.2) is 54.6 Å². The molecule has 2 nitrogen and oxygen atoms in total. The lowest BCUT2D eigenvalue weighted by molar-refractivity contribution is -0.644. The van der Waals surface area contributed by atoms with Gasteiger partial charge in [-0.2, -0.15) is 4.57 Å². The number of fused-ring (bicyclic) bond motifs is 2. The summed E-state index contributed by atoms with van der Waals surface area (Å²) in [5, 5.41) is 2.43. The van der Waals surface area contributed by atoms with Gasteiger partial charge < -0.3 is 0 Å². The molecule has 19 heavy (non-hydrogen) atoms. The van der Waals surface area contributed by atoms with Gasteiger partial charge in [-0.3, -0.25) is 4.79 Å². The lowest BCUT2D eigenvalue weighted by Crippen LogP contribution is -2.36. The third kappa shape index (κ3) is 2.22. The van der Waals surface area contributed by atoms with Crippen LogP contribution in [0.3, 0.4) is 0 Å². The van der Waals surface area contributed by atoms with E-state index in [0.717, 1.165) is 6.54 Å². The molecular formula is C17H16NO+. The van der Waals surface area contributed by atoms with Gasteiger partial charge in [0.25, 0.3) is 0 Å². The van der Waals surface area contributed by atoms with Crippen LogP contribution >= 0.6 is 0 Å². The molecule has 1 heterocycles. The van der Waals surface area contributed by atoms with Crippen molar-refractivity contribution < 1.29 is 9.36 Å². The summed E-state index contributed by atoms with van der Waals surface area (Å²) in [5.41, 5.74) is 2.37. The fourth-order valence-electron chi connectivity index (χ4n) is 2.52. The van der Waals surface area contributed by atoms with Crippen molar-refractivity contribution in [2.45, 2.75) is 19.9 Å². The van der Waals surface area contributed by atoms with Crippen LogP contribution in [0, 0.1) is 0 Å². The molecule has 0 aliphatic rings. The highest BCUT2D eigenvalue weighted by molar-refractivity contribution is 5.88. The van der Waals surface area contributed by atoms with Gasteiger partial charge in [-0.1, -0.05) is 24.3 Å². The molecule has 0 bridgehead atoms. The zero-order chi connectivity index (χ0) is 13.2. The number of carbonyl (C=O) groups excluding carboxylic acids is 1. The van der Waals surface area contributed by atoms with Crippen molar-refractivity contribution in [3.05, 3.63) is 54.6 Å². The Labute approximate surface area is 112 Å². The molecule has 1 aromatic heterocycles. The average molecular weight is 250 g/mol. The minimum Gasteiger partial charge on any atom is -0.300 e. The van der Waals surface area contributed by atoms with Crippen LogP contribution in [0.5, 0.6) is 0 Å². The molecule has 0 amide bonds. The van der Waals surface area contributed by atoms with Crippen LogP contribution in [-0.2, 0) is 11.3 Å². The largest absolute Gasteiger partial charge is 0.300 e. The number of hydrogen-bond acceptors (Lipinski definition) is 1. The first-order chi connectivity index (χ1) is 9.25. The SMILES string of the molecule is CC(=O)CC[n+]1c2ccccc2cc2ccccc21. The summed E-state index contributed by atoms with van der Waals surface area (Å²) in [7, 11) is 0. The molecule has 0 atom stereocenters. The number of Topliss-reactive ketones (excluding diaryl/α,β-unsaturated/α-hetero) is 1. The molecule has 0 fully saturated rings. The van der Waals surface area contributed by atoms with Gasteiger partial charge in [-0.15, -0.1) is 0 Å². The highest BCUT2D eigenvalue weighted by Crippen LogP contribution is 2.17. The molecule has 0 unspecified atom stereocenters. The Bertz CT molecular complexity index is 707. The molecule has 0 saturated heterocycles. The Morgan fingerprint density at radius 1 is 0.947 bits per heavy atom. The first-order valence-electron chi connectivity index (χ1n) is 6.55. The van der Waals surface area contributed by atoms with Crippen LogP contribution in [0.2, 0.25) is 0 Å². The van der Waals surface area contributed by atoms with E-state index < -0.39 is 0 Å². The van der Waals surface area contributed by atoms with Crippen LogP contribution in [0.25, 0.3) is 21.8 Å². The van der Waals surface area contributed by atoms with E-state index in [1.165, 1.54) is 21.8 Å². The van der Waals surface area contributed by atoms with Crippen molar-refractivity contribution in [2.24, 2.45) is 0 Å². The summed E-state index contributed by atoms with van der Waals surface area (Å²) in [6.07, 6.45) is 0.572. The van der Waals surface area contributed by atoms with Crippen LogP contribution in [-0.4, -0.2) is 5.78 Å². The van der Waals surface area contributed by atoms with E-state index in [0.29, 0.717) is 6.42 Å². The topological polar surface area (TPSA) is 20.9 Å². The van der Waals surface area contributed by atoms with Crippen molar-refractivity contribution in [1.82, 2.24) is 0 Å². The third-order valence-electron chi connectivity index (χ3n) is 3.45. The van der Waals surface area contributed by atoms with Gasteiger partial charge in [0.15, 0.2) is 6.54 Å². The van der Waals surface area contributed by atoms with E-state index in [1.54, 1.807) is 6.92 Å². The van der Waals surface area contributed by atoms with Gasteiger partial charge in [-0.25, -0.2) is 0 Å². The summed E-state index contributed by atoms with van der Waals surface area (Å²) in [6.45, 7) is 2.38. The van der Waals surface area contributed by atoms with Gasteiger partial charge in [0.05, 0.1) is 6.42 Å². The molecule has 0 saturated carbocycles. The van der Waals surface area contributed by atoms with Crippen molar-refractivity contribution in [1.29, 1.82) is 0 Å². The Morgan fingerprint density at radius 3 is 2.00 bits per heavy atom. The highest BCUT2D eigenvalue weighted by Gasteiger charge is 2.14. The van der Waals surface area contributed by atoms with Gasteiger partial charge in [0.1, 0.15) is 5.78 Å². The number of hydrogen-bond donors (Lipinski definition) is 0. The van der Waals surface area contributed by atoms with E-state index in [-0.39, 0.29) is 5.78 Å². The van der Waals surface area contributed by atoms with Gasteiger partial charge in [-0.05, 0) is 25.1 Å². The molecule has 0 N–H and O–H groups in total. The smallest absolute Gasteiger partial charge is 0.213 e. The molecule has 3 rings (SSSR count). The van der Waals surface area contributed by atoms with Crippen molar-refractivity contribution >= 4 is 27.6 Å². The molecular weight excluding hydrogens is 234 g/mol. The zero-order valence-corrected chi connectivity index (χ0v) is 11.0. The predicted molar refractivity (Wildman–Crippen MR) is 76.9 cm³/mol. The zero-order valence-electron chi connectivity index (χ0n) is 11.0. The number of carbonyl (C=O) groups is 1. The maximum absolute atomic E-state index is 11.3. The first kappa shape index (κ1) is 11.8. The number of benzene rings is 2. The van der Waals surface area contributed by atoms with Crippen LogP contribution in [0.1, 0.15) is 13.3 Å². The van der Waals surface area contributed by atoms with Crippen molar-refractivity contribution in [3.8, 4) is 0 Å². The van der Waals surface area contributed by atoms with Crippen molar-refractivity contribution in [2.75, 3.05) is 0 Å². The molecule has 0 spiro atoms. The van der Waals surface area contributed by atoms with E-state index in [4.69, 9.17) is 0 Å². The normalized spacial score (nSPS) is 11.0. The van der Waals surface area contributed by atoms with E-state index >= 15 is 0 Å². The van der Waals surface area contributed by atoms with Crippen molar-refractivity contribution in [3.63, 3.8) is 0 Å². The number of aromatic nitrogens is 1. The highest BCUT2D eigenvalue weighted by atomic mass is 16.1. The number of pyridine rings is 1. The van der Waals surface area contributed by atoms with Crippen LogP contribution < -0.4 is 4.57 Å². The minimum atomic E-state index is 0.226. The first-order valence-corrected chi connectivity index (χ1v) is 6.55.